The third kappa shape index (κ3) is 3.71. The Labute approximate surface area is 157 Å². The second kappa shape index (κ2) is 7.48. The van der Waals surface area contributed by atoms with Gasteiger partial charge in [-0.05, 0) is 44.0 Å². The number of carbonyl (C=O) groups is 2. The van der Waals surface area contributed by atoms with E-state index in [-0.39, 0.29) is 17.9 Å². The Bertz CT molecular complexity index is 818. The van der Waals surface area contributed by atoms with Gasteiger partial charge in [0, 0.05) is 43.9 Å². The Kier molecular flexibility index (Phi) is 4.89. The van der Waals surface area contributed by atoms with Gasteiger partial charge in [0.05, 0.1) is 0 Å². The summed E-state index contributed by atoms with van der Waals surface area (Å²) in [7, 11) is 0. The van der Waals surface area contributed by atoms with Crippen molar-refractivity contribution in [1.82, 2.24) is 19.9 Å². The molecule has 0 bridgehead atoms. The number of ether oxygens (including phenoxy) is 1. The van der Waals surface area contributed by atoms with Crippen LogP contribution in [0, 0.1) is 6.92 Å². The molecule has 8 nitrogen and oxygen atoms in total. The summed E-state index contributed by atoms with van der Waals surface area (Å²) in [6.07, 6.45) is 1.44. The first-order valence-electron chi connectivity index (χ1n) is 9.22. The van der Waals surface area contributed by atoms with E-state index >= 15 is 0 Å². The lowest BCUT2D eigenvalue weighted by atomic mass is 10.1. The molecule has 2 aromatic rings. The maximum atomic E-state index is 12.7. The lowest BCUT2D eigenvalue weighted by molar-refractivity contribution is -0.142. The van der Waals surface area contributed by atoms with Gasteiger partial charge < -0.3 is 19.1 Å². The molecule has 8 heteroatoms. The van der Waals surface area contributed by atoms with Crippen LogP contribution < -0.4 is 0 Å². The molecule has 0 spiro atoms. The van der Waals surface area contributed by atoms with Gasteiger partial charge in [-0.15, -0.1) is 0 Å². The van der Waals surface area contributed by atoms with E-state index in [1.165, 1.54) is 0 Å². The number of hydrogen-bond acceptors (Lipinski definition) is 6. The number of carbonyl (C=O) groups excluding carboxylic acids is 2. The van der Waals surface area contributed by atoms with Crippen molar-refractivity contribution >= 4 is 11.8 Å². The second-order valence-corrected chi connectivity index (χ2v) is 6.84. The fourth-order valence-electron chi connectivity index (χ4n) is 3.46. The Balaban J connectivity index is 1.35. The van der Waals surface area contributed by atoms with Crippen LogP contribution in [0.3, 0.4) is 0 Å². The van der Waals surface area contributed by atoms with Gasteiger partial charge in [0.25, 0.3) is 17.7 Å². The van der Waals surface area contributed by atoms with E-state index in [1.54, 1.807) is 41.0 Å². The van der Waals surface area contributed by atoms with Crippen LogP contribution in [0.2, 0.25) is 0 Å². The van der Waals surface area contributed by atoms with Crippen LogP contribution in [0.1, 0.15) is 29.0 Å². The number of hydrogen-bond donors (Lipinski definition) is 0. The van der Waals surface area contributed by atoms with E-state index in [1.807, 2.05) is 0 Å². The quantitative estimate of drug-likeness (QED) is 0.814. The number of benzene rings is 1. The van der Waals surface area contributed by atoms with Crippen molar-refractivity contribution in [3.05, 3.63) is 35.7 Å². The first-order chi connectivity index (χ1) is 13.1. The summed E-state index contributed by atoms with van der Waals surface area (Å²) < 4.78 is 10.6. The van der Waals surface area contributed by atoms with Crippen molar-refractivity contribution < 1.29 is 18.8 Å². The molecule has 142 valence electrons. The molecule has 1 aromatic heterocycles. The van der Waals surface area contributed by atoms with Crippen molar-refractivity contribution in [3.8, 4) is 11.5 Å². The van der Waals surface area contributed by atoms with Crippen LogP contribution in [-0.4, -0.2) is 70.6 Å². The van der Waals surface area contributed by atoms with Gasteiger partial charge >= 0.3 is 0 Å². The zero-order chi connectivity index (χ0) is 18.8. The van der Waals surface area contributed by atoms with Crippen molar-refractivity contribution in [3.63, 3.8) is 0 Å². The van der Waals surface area contributed by atoms with E-state index in [0.717, 1.165) is 18.4 Å². The molecule has 3 heterocycles. The van der Waals surface area contributed by atoms with E-state index < -0.39 is 0 Å². The highest BCUT2D eigenvalue weighted by Gasteiger charge is 2.31. The van der Waals surface area contributed by atoms with Crippen LogP contribution in [0.15, 0.2) is 28.8 Å². The highest BCUT2D eigenvalue weighted by molar-refractivity contribution is 5.94. The Hall–Kier alpha value is -2.74. The zero-order valence-electron chi connectivity index (χ0n) is 15.3. The fraction of sp³-hybridized carbons (Fsp3) is 0.474. The minimum absolute atomic E-state index is 0.0347. The van der Waals surface area contributed by atoms with Crippen molar-refractivity contribution in [2.75, 3.05) is 32.8 Å². The highest BCUT2D eigenvalue weighted by atomic mass is 16.5. The largest absolute Gasteiger partial charge is 0.368 e. The van der Waals surface area contributed by atoms with Gasteiger partial charge in [-0.3, -0.25) is 9.59 Å². The normalized spacial score (nSPS) is 20.1. The van der Waals surface area contributed by atoms with Crippen LogP contribution in [0.4, 0.5) is 0 Å². The average molecular weight is 370 g/mol. The summed E-state index contributed by atoms with van der Waals surface area (Å²) in [5.74, 6) is 1.03. The third-order valence-corrected chi connectivity index (χ3v) is 4.99. The minimum Gasteiger partial charge on any atom is -0.368 e. The van der Waals surface area contributed by atoms with Crippen LogP contribution in [0.5, 0.6) is 0 Å². The van der Waals surface area contributed by atoms with Crippen LogP contribution >= 0.6 is 0 Å². The van der Waals surface area contributed by atoms with Crippen molar-refractivity contribution in [1.29, 1.82) is 0 Å². The summed E-state index contributed by atoms with van der Waals surface area (Å²) in [6.45, 7) is 4.57. The first kappa shape index (κ1) is 17.7. The molecule has 1 atom stereocenters. The standard InChI is InChI=1S/C19H22N4O4/c1-13-20-17(27-21-13)14-4-6-15(7-5-14)18(24)22-8-10-23(11-9-22)19(25)16-3-2-12-26-16/h4-7,16H,2-3,8-12H2,1H3. The van der Waals surface area contributed by atoms with Gasteiger partial charge in [0.1, 0.15) is 6.10 Å². The molecule has 2 amide bonds. The SMILES string of the molecule is Cc1noc(-c2ccc(C(=O)N3CCN(C(=O)C4CCCO4)CC3)cc2)n1. The molecule has 1 aromatic carbocycles. The average Bonchev–Trinajstić information content (AvgIpc) is 3.39. The molecule has 2 saturated heterocycles. The van der Waals surface area contributed by atoms with Gasteiger partial charge in [-0.2, -0.15) is 4.98 Å². The molecule has 2 fully saturated rings. The summed E-state index contributed by atoms with van der Waals surface area (Å²) >= 11 is 0. The molecular weight excluding hydrogens is 348 g/mol. The predicted molar refractivity (Wildman–Crippen MR) is 95.9 cm³/mol. The molecular formula is C19H22N4O4. The summed E-state index contributed by atoms with van der Waals surface area (Å²) in [4.78, 5) is 32.9. The minimum atomic E-state index is -0.298. The monoisotopic (exact) mass is 370 g/mol. The molecule has 0 radical (unpaired) electrons. The lowest BCUT2D eigenvalue weighted by Crippen LogP contribution is -2.52. The first-order valence-corrected chi connectivity index (χ1v) is 9.22. The number of rotatable bonds is 3. The van der Waals surface area contributed by atoms with Gasteiger partial charge in [-0.25, -0.2) is 0 Å². The Morgan fingerprint density at radius 3 is 2.37 bits per heavy atom. The molecule has 2 aliphatic rings. The predicted octanol–water partition coefficient (Wildman–Crippen LogP) is 1.51. The maximum absolute atomic E-state index is 12.7. The molecule has 1 unspecified atom stereocenters. The molecule has 0 saturated carbocycles. The lowest BCUT2D eigenvalue weighted by Gasteiger charge is -2.35. The third-order valence-electron chi connectivity index (χ3n) is 4.99. The fourth-order valence-corrected chi connectivity index (χ4v) is 3.46. The van der Waals surface area contributed by atoms with Gasteiger partial charge in [0.15, 0.2) is 5.82 Å². The molecule has 4 rings (SSSR count). The van der Waals surface area contributed by atoms with Crippen molar-refractivity contribution in [2.45, 2.75) is 25.9 Å². The van der Waals surface area contributed by atoms with Crippen LogP contribution in [-0.2, 0) is 9.53 Å². The van der Waals surface area contributed by atoms with Gasteiger partial charge in [-0.1, -0.05) is 5.16 Å². The molecule has 0 aliphatic carbocycles. The van der Waals surface area contributed by atoms with E-state index in [9.17, 15) is 9.59 Å². The summed E-state index contributed by atoms with van der Waals surface area (Å²) in [5, 5.41) is 3.77. The second-order valence-electron chi connectivity index (χ2n) is 6.84. The number of aromatic nitrogens is 2. The highest BCUT2D eigenvalue weighted by Crippen LogP contribution is 2.20. The zero-order valence-corrected chi connectivity index (χ0v) is 15.3. The van der Waals surface area contributed by atoms with Crippen molar-refractivity contribution in [2.24, 2.45) is 0 Å². The van der Waals surface area contributed by atoms with E-state index in [4.69, 9.17) is 9.26 Å². The number of aryl methyl sites for hydroxylation is 1. The van der Waals surface area contributed by atoms with Gasteiger partial charge in [0.2, 0.25) is 0 Å². The molecule has 0 N–H and O–H groups in total. The number of amides is 2. The number of nitrogens with zero attached hydrogens (tertiary/aromatic N) is 4. The smallest absolute Gasteiger partial charge is 0.257 e. The summed E-state index contributed by atoms with van der Waals surface area (Å²) in [5.41, 5.74) is 1.38. The Morgan fingerprint density at radius 2 is 1.78 bits per heavy atom. The summed E-state index contributed by atoms with van der Waals surface area (Å²) in [6, 6.07) is 7.14. The van der Waals surface area contributed by atoms with Crippen LogP contribution in [0.25, 0.3) is 11.5 Å². The topological polar surface area (TPSA) is 88.8 Å². The van der Waals surface area contributed by atoms with E-state index in [2.05, 4.69) is 10.1 Å². The molecule has 27 heavy (non-hydrogen) atoms. The Morgan fingerprint density at radius 1 is 1.07 bits per heavy atom. The number of piperazine rings is 1. The van der Waals surface area contributed by atoms with E-state index in [0.29, 0.717) is 50.1 Å². The maximum Gasteiger partial charge on any atom is 0.257 e. The molecule has 2 aliphatic heterocycles.